The average Bonchev–Trinajstić information content (AvgIpc) is 2.84. The SMILES string of the molecule is COc1ccc(C)cc1CCNC(=O)c1cccc(S(=O)(=O)Nc2cc([N+](=O)[O-])ccc2OC)c1. The van der Waals surface area contributed by atoms with Crippen LogP contribution >= 0.6 is 0 Å². The molecule has 0 bridgehead atoms. The molecule has 0 aliphatic carbocycles. The van der Waals surface area contributed by atoms with Crippen LogP contribution in [0.1, 0.15) is 21.5 Å². The van der Waals surface area contributed by atoms with Gasteiger partial charge in [0.2, 0.25) is 0 Å². The van der Waals surface area contributed by atoms with E-state index in [-0.39, 0.29) is 27.6 Å². The third-order valence-corrected chi connectivity index (χ3v) is 6.52. The van der Waals surface area contributed by atoms with Gasteiger partial charge in [0, 0.05) is 24.2 Å². The van der Waals surface area contributed by atoms with Crippen molar-refractivity contribution in [1.29, 1.82) is 0 Å². The van der Waals surface area contributed by atoms with Gasteiger partial charge in [0.1, 0.15) is 11.5 Å². The lowest BCUT2D eigenvalue weighted by Crippen LogP contribution is -2.26. The van der Waals surface area contributed by atoms with E-state index in [1.165, 1.54) is 43.5 Å². The summed E-state index contributed by atoms with van der Waals surface area (Å²) >= 11 is 0. The molecule has 0 saturated carbocycles. The van der Waals surface area contributed by atoms with Gasteiger partial charge in [0.15, 0.2) is 0 Å². The Balaban J connectivity index is 1.74. The first-order valence-corrected chi connectivity index (χ1v) is 12.0. The van der Waals surface area contributed by atoms with Gasteiger partial charge in [-0.25, -0.2) is 8.42 Å². The minimum atomic E-state index is -4.17. The number of carbonyl (C=O) groups excluding carboxylic acids is 1. The van der Waals surface area contributed by atoms with Crippen molar-refractivity contribution in [3.05, 3.63) is 87.5 Å². The number of nitrogens with zero attached hydrogens (tertiary/aromatic N) is 1. The molecule has 184 valence electrons. The number of nitro groups is 1. The van der Waals surface area contributed by atoms with Crippen molar-refractivity contribution in [3.63, 3.8) is 0 Å². The number of nitro benzene ring substituents is 1. The zero-order valence-corrected chi connectivity index (χ0v) is 20.2. The van der Waals surface area contributed by atoms with Gasteiger partial charge in [-0.05, 0) is 49.2 Å². The molecule has 0 radical (unpaired) electrons. The van der Waals surface area contributed by atoms with Crippen molar-refractivity contribution in [3.8, 4) is 11.5 Å². The van der Waals surface area contributed by atoms with Crippen LogP contribution in [0, 0.1) is 17.0 Å². The van der Waals surface area contributed by atoms with Crippen LogP contribution in [0.25, 0.3) is 0 Å². The van der Waals surface area contributed by atoms with Gasteiger partial charge in [0.05, 0.1) is 29.7 Å². The van der Waals surface area contributed by atoms with Crippen LogP contribution in [0.15, 0.2) is 65.6 Å². The molecular weight excluding hydrogens is 474 g/mol. The van der Waals surface area contributed by atoms with Gasteiger partial charge >= 0.3 is 0 Å². The van der Waals surface area contributed by atoms with Crippen LogP contribution in [-0.4, -0.2) is 40.0 Å². The maximum Gasteiger partial charge on any atom is 0.271 e. The van der Waals surface area contributed by atoms with Gasteiger partial charge < -0.3 is 14.8 Å². The second kappa shape index (κ2) is 10.9. The highest BCUT2D eigenvalue weighted by atomic mass is 32.2. The summed E-state index contributed by atoms with van der Waals surface area (Å²) in [6.07, 6.45) is 0.530. The van der Waals surface area contributed by atoms with E-state index in [1.54, 1.807) is 7.11 Å². The lowest BCUT2D eigenvalue weighted by Gasteiger charge is -2.13. The average molecular weight is 500 g/mol. The largest absolute Gasteiger partial charge is 0.496 e. The first-order chi connectivity index (χ1) is 16.6. The number of non-ortho nitro benzene ring substituents is 1. The molecule has 3 aromatic rings. The van der Waals surface area contributed by atoms with Crippen LogP contribution in [0.4, 0.5) is 11.4 Å². The second-order valence-electron chi connectivity index (χ2n) is 7.60. The summed E-state index contributed by atoms with van der Waals surface area (Å²) in [5.41, 5.74) is 1.76. The van der Waals surface area contributed by atoms with Crippen LogP contribution in [0.3, 0.4) is 0 Å². The fraction of sp³-hybridized carbons (Fsp3) is 0.208. The number of amides is 1. The highest BCUT2D eigenvalue weighted by Gasteiger charge is 2.20. The first-order valence-electron chi connectivity index (χ1n) is 10.5. The Bertz CT molecular complexity index is 1360. The Hall–Kier alpha value is -4.12. The molecule has 11 heteroatoms. The molecule has 2 N–H and O–H groups in total. The number of ether oxygens (including phenoxy) is 2. The third-order valence-electron chi connectivity index (χ3n) is 5.16. The van der Waals surface area contributed by atoms with Crippen LogP contribution in [0.2, 0.25) is 0 Å². The molecular formula is C24H25N3O7S. The van der Waals surface area contributed by atoms with Crippen LogP contribution in [-0.2, 0) is 16.4 Å². The summed E-state index contributed by atoms with van der Waals surface area (Å²) < 4.78 is 38.6. The number of hydrogen-bond acceptors (Lipinski definition) is 7. The normalized spacial score (nSPS) is 10.9. The van der Waals surface area contributed by atoms with Gasteiger partial charge in [0.25, 0.3) is 21.6 Å². The van der Waals surface area contributed by atoms with E-state index >= 15 is 0 Å². The van der Waals surface area contributed by atoms with Crippen LogP contribution < -0.4 is 19.5 Å². The predicted octanol–water partition coefficient (Wildman–Crippen LogP) is 3.69. The Morgan fingerprint density at radius 3 is 2.40 bits per heavy atom. The third kappa shape index (κ3) is 6.27. The van der Waals surface area contributed by atoms with E-state index < -0.39 is 20.9 Å². The number of rotatable bonds is 10. The quantitative estimate of drug-likeness (QED) is 0.321. The molecule has 3 rings (SSSR count). The zero-order chi connectivity index (χ0) is 25.6. The lowest BCUT2D eigenvalue weighted by molar-refractivity contribution is -0.384. The Morgan fingerprint density at radius 1 is 1.00 bits per heavy atom. The summed E-state index contributed by atoms with van der Waals surface area (Å²) in [5.74, 6) is 0.391. The van der Waals surface area contributed by atoms with E-state index in [4.69, 9.17) is 9.47 Å². The van der Waals surface area contributed by atoms with Crippen molar-refractivity contribution in [2.75, 3.05) is 25.5 Å². The molecule has 0 fully saturated rings. The minimum Gasteiger partial charge on any atom is -0.496 e. The van der Waals surface area contributed by atoms with Gasteiger partial charge in [-0.3, -0.25) is 19.6 Å². The number of anilines is 1. The minimum absolute atomic E-state index is 0.0938. The summed E-state index contributed by atoms with van der Waals surface area (Å²) in [6, 6.07) is 14.8. The van der Waals surface area contributed by atoms with E-state index in [2.05, 4.69) is 10.0 Å². The summed E-state index contributed by atoms with van der Waals surface area (Å²) in [5, 5.41) is 13.9. The standard InChI is InChI=1S/C24H25N3O7S/c1-16-7-9-22(33-2)17(13-16)11-12-25-24(28)18-5-4-6-20(14-18)35(31,32)26-21-15-19(27(29)30)8-10-23(21)34-3/h4-10,13-15,26H,11-12H2,1-3H3,(H,25,28). The molecule has 3 aromatic carbocycles. The fourth-order valence-electron chi connectivity index (χ4n) is 3.41. The van der Waals surface area contributed by atoms with Crippen LogP contribution in [0.5, 0.6) is 11.5 Å². The number of hydrogen-bond donors (Lipinski definition) is 2. The van der Waals surface area contributed by atoms with E-state index in [1.807, 2.05) is 25.1 Å². The second-order valence-corrected chi connectivity index (χ2v) is 9.28. The van der Waals surface area contributed by atoms with E-state index in [9.17, 15) is 23.3 Å². The summed E-state index contributed by atoms with van der Waals surface area (Å²) in [4.78, 5) is 22.9. The summed E-state index contributed by atoms with van der Waals surface area (Å²) in [7, 11) is -1.28. The maximum absolute atomic E-state index is 12.9. The Labute approximate surface area is 203 Å². The first kappa shape index (κ1) is 25.5. The van der Waals surface area contributed by atoms with Gasteiger partial charge in [-0.2, -0.15) is 0 Å². The van der Waals surface area contributed by atoms with Crippen molar-refractivity contribution < 1.29 is 27.6 Å². The number of carbonyl (C=O) groups is 1. The number of sulfonamides is 1. The number of methoxy groups -OCH3 is 2. The number of benzene rings is 3. The molecule has 10 nitrogen and oxygen atoms in total. The monoisotopic (exact) mass is 499 g/mol. The fourth-order valence-corrected chi connectivity index (χ4v) is 4.52. The number of aryl methyl sites for hydroxylation is 1. The number of nitrogens with one attached hydrogen (secondary N) is 2. The molecule has 0 spiro atoms. The molecule has 0 aliphatic rings. The lowest BCUT2D eigenvalue weighted by atomic mass is 10.1. The van der Waals surface area contributed by atoms with Gasteiger partial charge in [-0.1, -0.05) is 23.8 Å². The molecule has 0 unspecified atom stereocenters. The highest BCUT2D eigenvalue weighted by Crippen LogP contribution is 2.31. The Morgan fingerprint density at radius 2 is 1.71 bits per heavy atom. The smallest absolute Gasteiger partial charge is 0.271 e. The van der Waals surface area contributed by atoms with E-state index in [0.29, 0.717) is 13.0 Å². The zero-order valence-electron chi connectivity index (χ0n) is 19.4. The van der Waals surface area contributed by atoms with Crippen molar-refractivity contribution >= 4 is 27.3 Å². The van der Waals surface area contributed by atoms with Crippen molar-refractivity contribution in [2.24, 2.45) is 0 Å². The highest BCUT2D eigenvalue weighted by molar-refractivity contribution is 7.92. The molecule has 0 heterocycles. The maximum atomic E-state index is 12.9. The summed E-state index contributed by atoms with van der Waals surface area (Å²) in [6.45, 7) is 2.28. The van der Waals surface area contributed by atoms with E-state index in [0.717, 1.165) is 22.9 Å². The molecule has 0 aromatic heterocycles. The molecule has 0 saturated heterocycles. The topological polar surface area (TPSA) is 137 Å². The predicted molar refractivity (Wildman–Crippen MR) is 131 cm³/mol. The molecule has 0 aliphatic heterocycles. The van der Waals surface area contributed by atoms with Gasteiger partial charge in [-0.15, -0.1) is 0 Å². The van der Waals surface area contributed by atoms with Crippen molar-refractivity contribution in [1.82, 2.24) is 5.32 Å². The van der Waals surface area contributed by atoms with Crippen molar-refractivity contribution in [2.45, 2.75) is 18.2 Å². The molecule has 0 atom stereocenters. The molecule has 35 heavy (non-hydrogen) atoms. The Kier molecular flexibility index (Phi) is 7.92. The molecule has 1 amide bonds.